The second-order valence-electron chi connectivity index (χ2n) is 4.30. The van der Waals surface area contributed by atoms with Crippen LogP contribution in [-0.4, -0.2) is 11.6 Å². The van der Waals surface area contributed by atoms with Crippen LogP contribution in [0.1, 0.15) is 31.9 Å². The molecule has 1 N–H and O–H groups in total. The van der Waals surface area contributed by atoms with E-state index in [0.29, 0.717) is 12.5 Å². The summed E-state index contributed by atoms with van der Waals surface area (Å²) in [4.78, 5) is 4.26. The fourth-order valence-corrected chi connectivity index (χ4v) is 2.05. The number of pyridine rings is 1. The minimum Gasteiger partial charge on any atom is -0.476 e. The maximum Gasteiger partial charge on any atom is 0.237 e. The van der Waals surface area contributed by atoms with Crippen molar-refractivity contribution in [2.45, 2.75) is 26.3 Å². The number of aromatic nitrogens is 1. The Bertz CT molecular complexity index is 499. The van der Waals surface area contributed by atoms with E-state index < -0.39 is 0 Å². The van der Waals surface area contributed by atoms with Crippen molar-refractivity contribution in [1.29, 1.82) is 0 Å². The number of anilines is 1. The van der Waals surface area contributed by atoms with Crippen LogP contribution in [0.3, 0.4) is 0 Å². The van der Waals surface area contributed by atoms with Crippen LogP contribution in [-0.2, 0) is 0 Å². The molecular weight excluding hydrogens is 236 g/mol. The zero-order valence-electron chi connectivity index (χ0n) is 11.5. The first-order valence-corrected chi connectivity index (χ1v) is 6.74. The summed E-state index contributed by atoms with van der Waals surface area (Å²) in [5.74, 6) is 0.666. The molecule has 0 radical (unpaired) electrons. The van der Waals surface area contributed by atoms with Crippen LogP contribution in [0.5, 0.6) is 5.88 Å². The standard InChI is InChI=1S/C16H20N2O/c1-3-14(13-9-6-5-7-10-13)18-15-11-8-12-17-16(15)19-4-2/h5-12,14,18H,3-4H2,1-2H3. The van der Waals surface area contributed by atoms with Gasteiger partial charge in [0.25, 0.3) is 0 Å². The van der Waals surface area contributed by atoms with Crippen molar-refractivity contribution in [3.8, 4) is 5.88 Å². The lowest BCUT2D eigenvalue weighted by Gasteiger charge is -2.20. The number of hydrogen-bond acceptors (Lipinski definition) is 3. The van der Waals surface area contributed by atoms with Crippen molar-refractivity contribution in [3.63, 3.8) is 0 Å². The van der Waals surface area contributed by atoms with E-state index in [1.807, 2.05) is 25.1 Å². The van der Waals surface area contributed by atoms with Crippen LogP contribution in [0.2, 0.25) is 0 Å². The van der Waals surface area contributed by atoms with E-state index in [9.17, 15) is 0 Å². The first-order valence-electron chi connectivity index (χ1n) is 6.74. The predicted molar refractivity (Wildman–Crippen MR) is 78.5 cm³/mol. The molecule has 0 fully saturated rings. The number of benzene rings is 1. The van der Waals surface area contributed by atoms with Gasteiger partial charge in [-0.15, -0.1) is 0 Å². The maximum atomic E-state index is 5.54. The number of nitrogens with one attached hydrogen (secondary N) is 1. The van der Waals surface area contributed by atoms with Crippen molar-refractivity contribution in [1.82, 2.24) is 4.98 Å². The van der Waals surface area contributed by atoms with Crippen molar-refractivity contribution in [2.75, 3.05) is 11.9 Å². The Labute approximate surface area is 114 Å². The number of rotatable bonds is 6. The molecule has 100 valence electrons. The first-order chi connectivity index (χ1) is 9.35. The second kappa shape index (κ2) is 6.78. The van der Waals surface area contributed by atoms with Crippen molar-refractivity contribution >= 4 is 5.69 Å². The molecule has 0 aliphatic rings. The molecule has 1 aromatic carbocycles. The summed E-state index contributed by atoms with van der Waals surface area (Å²) >= 11 is 0. The van der Waals surface area contributed by atoms with Gasteiger partial charge in [-0.3, -0.25) is 0 Å². The summed E-state index contributed by atoms with van der Waals surface area (Å²) in [6.45, 7) is 4.75. The molecule has 0 aliphatic carbocycles. The molecule has 0 aliphatic heterocycles. The van der Waals surface area contributed by atoms with Crippen LogP contribution in [0.4, 0.5) is 5.69 Å². The average molecular weight is 256 g/mol. The first kappa shape index (κ1) is 13.4. The van der Waals surface area contributed by atoms with Crippen molar-refractivity contribution in [3.05, 3.63) is 54.2 Å². The average Bonchev–Trinajstić information content (AvgIpc) is 2.47. The molecule has 1 atom stereocenters. The van der Waals surface area contributed by atoms with Gasteiger partial charge in [0.1, 0.15) is 0 Å². The zero-order chi connectivity index (χ0) is 13.5. The minimum atomic E-state index is 0.268. The molecule has 1 heterocycles. The highest BCUT2D eigenvalue weighted by Crippen LogP contribution is 2.27. The highest BCUT2D eigenvalue weighted by molar-refractivity contribution is 5.53. The third-order valence-electron chi connectivity index (χ3n) is 2.99. The molecule has 2 rings (SSSR count). The molecule has 3 heteroatoms. The molecular formula is C16H20N2O. The molecule has 1 aromatic heterocycles. The largest absolute Gasteiger partial charge is 0.476 e. The lowest BCUT2D eigenvalue weighted by Crippen LogP contribution is -2.11. The van der Waals surface area contributed by atoms with Crippen molar-refractivity contribution in [2.24, 2.45) is 0 Å². The van der Waals surface area contributed by atoms with Crippen LogP contribution >= 0.6 is 0 Å². The van der Waals surface area contributed by atoms with Crippen LogP contribution in [0, 0.1) is 0 Å². The monoisotopic (exact) mass is 256 g/mol. The van der Waals surface area contributed by atoms with Gasteiger partial charge in [-0.25, -0.2) is 4.98 Å². The Morgan fingerprint density at radius 3 is 2.58 bits per heavy atom. The van der Waals surface area contributed by atoms with Gasteiger partial charge < -0.3 is 10.1 Å². The van der Waals surface area contributed by atoms with Gasteiger partial charge in [-0.05, 0) is 31.0 Å². The Hall–Kier alpha value is -2.03. The number of ether oxygens (including phenoxy) is 1. The Balaban J connectivity index is 2.19. The van der Waals surface area contributed by atoms with Crippen LogP contribution in [0.15, 0.2) is 48.7 Å². The van der Waals surface area contributed by atoms with Gasteiger partial charge in [-0.1, -0.05) is 37.3 Å². The highest BCUT2D eigenvalue weighted by atomic mass is 16.5. The number of hydrogen-bond donors (Lipinski definition) is 1. The Kier molecular flexibility index (Phi) is 4.78. The SMILES string of the molecule is CCOc1ncccc1NC(CC)c1ccccc1. The summed E-state index contributed by atoms with van der Waals surface area (Å²) in [5.41, 5.74) is 2.22. The van der Waals surface area contributed by atoms with Gasteiger partial charge in [0.05, 0.1) is 18.3 Å². The van der Waals surface area contributed by atoms with E-state index in [1.54, 1.807) is 6.20 Å². The smallest absolute Gasteiger partial charge is 0.237 e. The highest BCUT2D eigenvalue weighted by Gasteiger charge is 2.11. The zero-order valence-corrected chi connectivity index (χ0v) is 11.5. The van der Waals surface area contributed by atoms with E-state index >= 15 is 0 Å². The summed E-state index contributed by atoms with van der Waals surface area (Å²) < 4.78 is 5.54. The molecule has 1 unspecified atom stereocenters. The van der Waals surface area contributed by atoms with E-state index in [0.717, 1.165) is 12.1 Å². The minimum absolute atomic E-state index is 0.268. The third-order valence-corrected chi connectivity index (χ3v) is 2.99. The Morgan fingerprint density at radius 2 is 1.89 bits per heavy atom. The molecule has 19 heavy (non-hydrogen) atoms. The molecule has 0 amide bonds. The lowest BCUT2D eigenvalue weighted by atomic mass is 10.0. The van der Waals surface area contributed by atoms with Gasteiger partial charge in [0, 0.05) is 6.20 Å². The van der Waals surface area contributed by atoms with Gasteiger partial charge in [0.15, 0.2) is 0 Å². The quantitative estimate of drug-likeness (QED) is 0.846. The topological polar surface area (TPSA) is 34.1 Å². The van der Waals surface area contributed by atoms with E-state index in [2.05, 4.69) is 41.5 Å². The summed E-state index contributed by atoms with van der Waals surface area (Å²) in [5, 5.41) is 3.51. The summed E-state index contributed by atoms with van der Waals surface area (Å²) in [7, 11) is 0. The predicted octanol–water partition coefficient (Wildman–Crippen LogP) is 4.04. The summed E-state index contributed by atoms with van der Waals surface area (Å²) in [6.07, 6.45) is 2.75. The van der Waals surface area contributed by atoms with Gasteiger partial charge in [0.2, 0.25) is 5.88 Å². The molecule has 0 spiro atoms. The Morgan fingerprint density at radius 1 is 1.11 bits per heavy atom. The van der Waals surface area contributed by atoms with E-state index in [-0.39, 0.29) is 6.04 Å². The summed E-state index contributed by atoms with van der Waals surface area (Å²) in [6, 6.07) is 14.6. The van der Waals surface area contributed by atoms with Crippen LogP contribution < -0.4 is 10.1 Å². The van der Waals surface area contributed by atoms with Gasteiger partial charge >= 0.3 is 0 Å². The second-order valence-corrected chi connectivity index (χ2v) is 4.30. The van der Waals surface area contributed by atoms with Gasteiger partial charge in [-0.2, -0.15) is 0 Å². The van der Waals surface area contributed by atoms with Crippen LogP contribution in [0.25, 0.3) is 0 Å². The molecule has 3 nitrogen and oxygen atoms in total. The maximum absolute atomic E-state index is 5.54. The van der Waals surface area contributed by atoms with E-state index in [1.165, 1.54) is 5.56 Å². The van der Waals surface area contributed by atoms with E-state index in [4.69, 9.17) is 4.74 Å². The molecule has 2 aromatic rings. The van der Waals surface area contributed by atoms with Crippen molar-refractivity contribution < 1.29 is 4.74 Å². The normalized spacial score (nSPS) is 11.9. The fraction of sp³-hybridized carbons (Fsp3) is 0.312. The molecule has 0 saturated heterocycles. The molecule has 0 saturated carbocycles. The number of nitrogens with zero attached hydrogens (tertiary/aromatic N) is 1. The third kappa shape index (κ3) is 3.47. The lowest BCUT2D eigenvalue weighted by molar-refractivity contribution is 0.328. The molecule has 0 bridgehead atoms. The fourth-order valence-electron chi connectivity index (χ4n) is 2.05.